The van der Waals surface area contributed by atoms with Gasteiger partial charge < -0.3 is 10.6 Å². The predicted octanol–water partition coefficient (Wildman–Crippen LogP) is 3.33. The van der Waals surface area contributed by atoms with Gasteiger partial charge in [0.25, 0.3) is 5.91 Å². The molecule has 28 heavy (non-hydrogen) atoms. The molecule has 144 valence electrons. The predicted molar refractivity (Wildman–Crippen MR) is 109 cm³/mol. The number of primary amides is 1. The minimum Gasteiger partial charge on any atom is -0.369 e. The smallest absolute Gasteiger partial charge is 0.253 e. The molecular formula is C21H21ClN4O2. The van der Waals surface area contributed by atoms with Crippen molar-refractivity contribution in [1.82, 2.24) is 14.5 Å². The van der Waals surface area contributed by atoms with E-state index in [1.807, 2.05) is 33.7 Å². The quantitative estimate of drug-likeness (QED) is 0.734. The largest absolute Gasteiger partial charge is 0.369 e. The van der Waals surface area contributed by atoms with Crippen molar-refractivity contribution in [3.05, 3.63) is 58.9 Å². The fourth-order valence-corrected chi connectivity index (χ4v) is 3.91. The van der Waals surface area contributed by atoms with Gasteiger partial charge >= 0.3 is 0 Å². The van der Waals surface area contributed by atoms with Crippen molar-refractivity contribution in [2.45, 2.75) is 25.7 Å². The summed E-state index contributed by atoms with van der Waals surface area (Å²) in [4.78, 5) is 30.9. The van der Waals surface area contributed by atoms with Crippen molar-refractivity contribution < 1.29 is 9.59 Å². The van der Waals surface area contributed by atoms with Crippen molar-refractivity contribution in [3.63, 3.8) is 0 Å². The van der Waals surface area contributed by atoms with Crippen LogP contribution in [0, 0.1) is 0 Å². The van der Waals surface area contributed by atoms with Crippen molar-refractivity contribution in [1.29, 1.82) is 0 Å². The zero-order chi connectivity index (χ0) is 19.7. The van der Waals surface area contributed by atoms with Crippen molar-refractivity contribution >= 4 is 34.4 Å². The highest BCUT2D eigenvalue weighted by Gasteiger charge is 2.20. The molecule has 0 unspecified atom stereocenters. The Morgan fingerprint density at radius 3 is 2.57 bits per heavy atom. The molecule has 0 atom stereocenters. The highest BCUT2D eigenvalue weighted by molar-refractivity contribution is 6.30. The fourth-order valence-electron chi connectivity index (χ4n) is 3.72. The number of carbonyl (C=O) groups excluding carboxylic acids is 2. The van der Waals surface area contributed by atoms with Gasteiger partial charge in [-0.1, -0.05) is 17.7 Å². The SMILES string of the molecule is NC(=O)Cc1nc2cc(C(=O)N3CCCCC3)ccc2n1-c1cccc(Cl)c1. The number of likely N-dealkylation sites (tertiary alicyclic amines) is 1. The first-order valence-electron chi connectivity index (χ1n) is 9.38. The summed E-state index contributed by atoms with van der Waals surface area (Å²) in [7, 11) is 0. The molecule has 1 fully saturated rings. The number of hydrogen-bond acceptors (Lipinski definition) is 3. The zero-order valence-corrected chi connectivity index (χ0v) is 16.2. The number of nitrogens with zero attached hydrogens (tertiary/aromatic N) is 3. The molecule has 1 aliphatic heterocycles. The third kappa shape index (κ3) is 3.60. The number of nitrogens with two attached hydrogens (primary N) is 1. The summed E-state index contributed by atoms with van der Waals surface area (Å²) in [5, 5.41) is 0.585. The molecule has 2 N–H and O–H groups in total. The highest BCUT2D eigenvalue weighted by Crippen LogP contribution is 2.25. The highest BCUT2D eigenvalue weighted by atomic mass is 35.5. The van der Waals surface area contributed by atoms with Crippen LogP contribution in [-0.4, -0.2) is 39.4 Å². The van der Waals surface area contributed by atoms with E-state index in [-0.39, 0.29) is 12.3 Å². The third-order valence-corrected chi connectivity index (χ3v) is 5.25. The summed E-state index contributed by atoms with van der Waals surface area (Å²) in [5.74, 6) is 0.0749. The number of hydrogen-bond donors (Lipinski definition) is 1. The number of benzene rings is 2. The van der Waals surface area contributed by atoms with Crippen LogP contribution in [0.1, 0.15) is 35.4 Å². The van der Waals surface area contributed by atoms with Gasteiger partial charge in [-0.05, 0) is 55.7 Å². The molecule has 0 bridgehead atoms. The number of fused-ring (bicyclic) bond motifs is 1. The molecule has 0 spiro atoms. The summed E-state index contributed by atoms with van der Waals surface area (Å²) in [6.45, 7) is 1.58. The lowest BCUT2D eigenvalue weighted by Gasteiger charge is -2.26. The summed E-state index contributed by atoms with van der Waals surface area (Å²) in [6.07, 6.45) is 3.25. The Kier molecular flexibility index (Phi) is 5.05. The van der Waals surface area contributed by atoms with Gasteiger partial charge in [-0.25, -0.2) is 4.98 Å². The molecular weight excluding hydrogens is 376 g/mol. The van der Waals surface area contributed by atoms with Gasteiger partial charge in [0.15, 0.2) is 0 Å². The first kappa shape index (κ1) is 18.5. The lowest BCUT2D eigenvalue weighted by Crippen LogP contribution is -2.35. The number of carbonyl (C=O) groups is 2. The molecule has 0 radical (unpaired) electrons. The summed E-state index contributed by atoms with van der Waals surface area (Å²) in [5.41, 5.74) is 8.27. The molecule has 4 rings (SSSR count). The maximum atomic E-state index is 12.8. The Hall–Kier alpha value is -2.86. The van der Waals surface area contributed by atoms with Crippen LogP contribution in [0.25, 0.3) is 16.7 Å². The number of imidazole rings is 1. The van der Waals surface area contributed by atoms with Gasteiger partial charge in [-0.3, -0.25) is 14.2 Å². The Balaban J connectivity index is 1.79. The molecule has 0 saturated carbocycles. The molecule has 1 aromatic heterocycles. The van der Waals surface area contributed by atoms with Crippen LogP contribution in [-0.2, 0) is 11.2 Å². The van der Waals surface area contributed by atoms with Gasteiger partial charge in [0.1, 0.15) is 5.82 Å². The summed E-state index contributed by atoms with van der Waals surface area (Å²) < 4.78 is 1.86. The second-order valence-electron chi connectivity index (χ2n) is 7.04. The Bertz CT molecular complexity index is 1050. The molecule has 1 saturated heterocycles. The van der Waals surface area contributed by atoms with Crippen LogP contribution in [0.4, 0.5) is 0 Å². The minimum atomic E-state index is -0.469. The van der Waals surface area contributed by atoms with E-state index < -0.39 is 5.91 Å². The topological polar surface area (TPSA) is 81.2 Å². The zero-order valence-electron chi connectivity index (χ0n) is 15.4. The van der Waals surface area contributed by atoms with Gasteiger partial charge in [-0.15, -0.1) is 0 Å². The standard InChI is InChI=1S/C21H21ClN4O2/c22-15-5-4-6-16(12-15)26-18-8-7-14(21(28)25-9-2-1-3-10-25)11-17(18)24-20(26)13-19(23)27/h4-8,11-12H,1-3,9-10,13H2,(H2,23,27). The van der Waals surface area contributed by atoms with E-state index in [0.29, 0.717) is 21.9 Å². The van der Waals surface area contributed by atoms with E-state index in [4.69, 9.17) is 17.3 Å². The van der Waals surface area contributed by atoms with Gasteiger partial charge in [0.2, 0.25) is 5.91 Å². The average molecular weight is 397 g/mol. The first-order valence-corrected chi connectivity index (χ1v) is 9.75. The monoisotopic (exact) mass is 396 g/mol. The van der Waals surface area contributed by atoms with Crippen LogP contribution in [0.3, 0.4) is 0 Å². The second-order valence-corrected chi connectivity index (χ2v) is 7.48. The van der Waals surface area contributed by atoms with E-state index in [9.17, 15) is 9.59 Å². The lowest BCUT2D eigenvalue weighted by atomic mass is 10.1. The van der Waals surface area contributed by atoms with Gasteiger partial charge in [0, 0.05) is 29.4 Å². The van der Waals surface area contributed by atoms with Crippen LogP contribution >= 0.6 is 11.6 Å². The second kappa shape index (κ2) is 7.64. The van der Waals surface area contributed by atoms with E-state index in [1.54, 1.807) is 18.2 Å². The van der Waals surface area contributed by atoms with Gasteiger partial charge in [0.05, 0.1) is 17.5 Å². The summed E-state index contributed by atoms with van der Waals surface area (Å²) in [6, 6.07) is 12.8. The third-order valence-electron chi connectivity index (χ3n) is 5.01. The Morgan fingerprint density at radius 2 is 1.86 bits per heavy atom. The van der Waals surface area contributed by atoms with Crippen LogP contribution in [0.2, 0.25) is 5.02 Å². The fraction of sp³-hybridized carbons (Fsp3) is 0.286. The van der Waals surface area contributed by atoms with Gasteiger partial charge in [-0.2, -0.15) is 0 Å². The number of piperidine rings is 1. The Labute approximate surface area is 167 Å². The van der Waals surface area contributed by atoms with Crippen LogP contribution < -0.4 is 5.73 Å². The molecule has 2 amide bonds. The molecule has 0 aliphatic carbocycles. The van der Waals surface area contributed by atoms with E-state index in [0.717, 1.165) is 37.1 Å². The van der Waals surface area contributed by atoms with Crippen molar-refractivity contribution in [2.24, 2.45) is 5.73 Å². The maximum absolute atomic E-state index is 12.8. The first-order chi connectivity index (χ1) is 13.5. The molecule has 2 aromatic carbocycles. The molecule has 1 aliphatic rings. The van der Waals surface area contributed by atoms with Crippen molar-refractivity contribution in [3.8, 4) is 5.69 Å². The maximum Gasteiger partial charge on any atom is 0.253 e. The van der Waals surface area contributed by atoms with E-state index in [1.165, 1.54) is 6.42 Å². The molecule has 7 heteroatoms. The number of amides is 2. The van der Waals surface area contributed by atoms with Crippen molar-refractivity contribution in [2.75, 3.05) is 13.1 Å². The lowest BCUT2D eigenvalue weighted by molar-refractivity contribution is -0.117. The Morgan fingerprint density at radius 1 is 1.07 bits per heavy atom. The number of halogens is 1. The molecule has 3 aromatic rings. The van der Waals surface area contributed by atoms with Crippen LogP contribution in [0.5, 0.6) is 0 Å². The number of rotatable bonds is 4. The van der Waals surface area contributed by atoms with E-state index in [2.05, 4.69) is 4.98 Å². The molecule has 6 nitrogen and oxygen atoms in total. The van der Waals surface area contributed by atoms with E-state index >= 15 is 0 Å². The van der Waals surface area contributed by atoms with Crippen LogP contribution in [0.15, 0.2) is 42.5 Å². The summed E-state index contributed by atoms with van der Waals surface area (Å²) >= 11 is 6.15. The normalized spacial score (nSPS) is 14.4. The number of aromatic nitrogens is 2. The molecule has 2 heterocycles. The average Bonchev–Trinajstić information content (AvgIpc) is 3.04. The minimum absolute atomic E-state index is 0.00337.